The van der Waals surface area contributed by atoms with Gasteiger partial charge in [0.25, 0.3) is 0 Å². The maximum atomic E-state index is 8.68. The van der Waals surface area contributed by atoms with E-state index in [1.807, 2.05) is 12.3 Å². The van der Waals surface area contributed by atoms with Gasteiger partial charge in [-0.3, -0.25) is 0 Å². The molecule has 0 fully saturated rings. The smallest absolute Gasteiger partial charge is 0.0693 e. The van der Waals surface area contributed by atoms with Gasteiger partial charge in [-0.05, 0) is 13.2 Å². The summed E-state index contributed by atoms with van der Waals surface area (Å²) in [6.45, 7) is 1.75. The molecule has 0 aliphatic carbocycles. The van der Waals surface area contributed by atoms with Crippen molar-refractivity contribution in [2.75, 3.05) is 12.0 Å². The quantitative estimate of drug-likeness (QED) is 0.584. The molecule has 0 aliphatic rings. The molecular formula is C6H12OS. The van der Waals surface area contributed by atoms with Crippen LogP contribution >= 0.6 is 11.8 Å². The van der Waals surface area contributed by atoms with Gasteiger partial charge >= 0.3 is 0 Å². The topological polar surface area (TPSA) is 20.2 Å². The fourth-order valence-electron chi connectivity index (χ4n) is 0.349. The molecule has 0 saturated heterocycles. The van der Waals surface area contributed by atoms with Crippen molar-refractivity contribution in [1.29, 1.82) is 0 Å². The highest BCUT2D eigenvalue weighted by atomic mass is 32.2. The summed E-state index contributed by atoms with van der Waals surface area (Å²) < 4.78 is 0. The molecule has 0 aliphatic heterocycles. The second kappa shape index (κ2) is 5.19. The molecule has 48 valence electrons. The number of rotatable bonds is 3. The number of aliphatic hydroxyl groups is 1. The summed E-state index contributed by atoms with van der Waals surface area (Å²) in [5.41, 5.74) is 0. The van der Waals surface area contributed by atoms with Crippen LogP contribution in [0.4, 0.5) is 0 Å². The Morgan fingerprint density at radius 2 is 2.38 bits per heavy atom. The first-order chi connectivity index (χ1) is 3.77. The summed E-state index contributed by atoms with van der Waals surface area (Å²) >= 11 is 1.75. The molecule has 1 atom stereocenters. The fourth-order valence-corrected chi connectivity index (χ4v) is 0.652. The van der Waals surface area contributed by atoms with Crippen LogP contribution in [0.25, 0.3) is 0 Å². The minimum atomic E-state index is -0.290. The molecule has 8 heavy (non-hydrogen) atoms. The van der Waals surface area contributed by atoms with Crippen LogP contribution in [0.1, 0.15) is 6.92 Å². The van der Waals surface area contributed by atoms with E-state index in [1.165, 1.54) is 0 Å². The average molecular weight is 132 g/mol. The standard InChI is InChI=1S/C6H12OS/c1-6(7)4-3-5-8-2/h3-4,6-7H,5H2,1-2H3/b4-3+. The minimum Gasteiger partial charge on any atom is -0.389 e. The Bertz CT molecular complexity index is 68.9. The van der Waals surface area contributed by atoms with Crippen molar-refractivity contribution in [1.82, 2.24) is 0 Å². The van der Waals surface area contributed by atoms with Gasteiger partial charge in [-0.2, -0.15) is 11.8 Å². The lowest BCUT2D eigenvalue weighted by atomic mass is 10.4. The molecule has 2 heteroatoms. The summed E-state index contributed by atoms with van der Waals surface area (Å²) in [5.74, 6) is 0.991. The molecule has 1 unspecified atom stereocenters. The van der Waals surface area contributed by atoms with Gasteiger partial charge in [0, 0.05) is 5.75 Å². The molecule has 1 nitrogen and oxygen atoms in total. The molecule has 0 aromatic rings. The summed E-state index contributed by atoms with van der Waals surface area (Å²) in [5, 5.41) is 8.68. The molecule has 0 aromatic carbocycles. The van der Waals surface area contributed by atoms with E-state index in [-0.39, 0.29) is 6.10 Å². The summed E-state index contributed by atoms with van der Waals surface area (Å²) in [7, 11) is 0. The lowest BCUT2D eigenvalue weighted by molar-refractivity contribution is 0.244. The number of thioether (sulfide) groups is 1. The van der Waals surface area contributed by atoms with E-state index in [1.54, 1.807) is 24.8 Å². The molecule has 0 radical (unpaired) electrons. The number of hydrogen-bond acceptors (Lipinski definition) is 2. The zero-order valence-electron chi connectivity index (χ0n) is 5.29. The third kappa shape index (κ3) is 6.05. The fraction of sp³-hybridized carbons (Fsp3) is 0.667. The van der Waals surface area contributed by atoms with E-state index in [0.29, 0.717) is 0 Å². The number of hydrogen-bond donors (Lipinski definition) is 1. The Labute approximate surface area is 54.8 Å². The average Bonchev–Trinajstić information content (AvgIpc) is 1.66. The first kappa shape index (κ1) is 8.05. The first-order valence-corrected chi connectivity index (χ1v) is 4.00. The largest absolute Gasteiger partial charge is 0.389 e. The molecule has 0 heterocycles. The molecule has 1 N–H and O–H groups in total. The lowest BCUT2D eigenvalue weighted by Crippen LogP contribution is -1.91. The van der Waals surface area contributed by atoms with Crippen LogP contribution in [0.15, 0.2) is 12.2 Å². The second-order valence-electron chi connectivity index (χ2n) is 1.62. The maximum absolute atomic E-state index is 8.68. The Kier molecular flexibility index (Phi) is 5.22. The molecule has 0 saturated carbocycles. The van der Waals surface area contributed by atoms with E-state index < -0.39 is 0 Å². The highest BCUT2D eigenvalue weighted by molar-refractivity contribution is 7.98. The molecule has 0 bridgehead atoms. The van der Waals surface area contributed by atoms with Crippen LogP contribution in [0.5, 0.6) is 0 Å². The Balaban J connectivity index is 3.07. The van der Waals surface area contributed by atoms with Gasteiger partial charge in [0.1, 0.15) is 0 Å². The van der Waals surface area contributed by atoms with Gasteiger partial charge < -0.3 is 5.11 Å². The van der Waals surface area contributed by atoms with Gasteiger partial charge in [0.2, 0.25) is 0 Å². The number of aliphatic hydroxyl groups excluding tert-OH is 1. The van der Waals surface area contributed by atoms with E-state index in [2.05, 4.69) is 0 Å². The second-order valence-corrected chi connectivity index (χ2v) is 2.53. The molecule has 0 amide bonds. The van der Waals surface area contributed by atoms with E-state index in [9.17, 15) is 0 Å². The lowest BCUT2D eigenvalue weighted by Gasteiger charge is -1.90. The monoisotopic (exact) mass is 132 g/mol. The van der Waals surface area contributed by atoms with Gasteiger partial charge in [-0.15, -0.1) is 0 Å². The summed E-state index contributed by atoms with van der Waals surface area (Å²) in [6.07, 6.45) is 5.50. The third-order valence-corrected chi connectivity index (χ3v) is 1.20. The summed E-state index contributed by atoms with van der Waals surface area (Å²) in [6, 6.07) is 0. The minimum absolute atomic E-state index is 0.290. The zero-order chi connectivity index (χ0) is 6.41. The van der Waals surface area contributed by atoms with Gasteiger partial charge in [-0.25, -0.2) is 0 Å². The van der Waals surface area contributed by atoms with Crippen LogP contribution in [-0.2, 0) is 0 Å². The molecule has 0 spiro atoms. The predicted molar refractivity (Wildman–Crippen MR) is 39.2 cm³/mol. The predicted octanol–water partition coefficient (Wildman–Crippen LogP) is 1.29. The molecule has 0 aromatic heterocycles. The van der Waals surface area contributed by atoms with Crippen LogP contribution in [-0.4, -0.2) is 23.2 Å². The third-order valence-electron chi connectivity index (χ3n) is 0.677. The highest BCUT2D eigenvalue weighted by Crippen LogP contribution is 1.92. The summed E-state index contributed by atoms with van der Waals surface area (Å²) in [4.78, 5) is 0. The van der Waals surface area contributed by atoms with Crippen LogP contribution in [0, 0.1) is 0 Å². The maximum Gasteiger partial charge on any atom is 0.0693 e. The van der Waals surface area contributed by atoms with Crippen molar-refractivity contribution in [2.45, 2.75) is 13.0 Å². The van der Waals surface area contributed by atoms with E-state index in [0.717, 1.165) is 5.75 Å². The Hall–Kier alpha value is 0.0500. The molecular weight excluding hydrogens is 120 g/mol. The van der Waals surface area contributed by atoms with Gasteiger partial charge in [0.05, 0.1) is 6.10 Å². The van der Waals surface area contributed by atoms with Gasteiger partial charge in [0.15, 0.2) is 0 Å². The van der Waals surface area contributed by atoms with Gasteiger partial charge in [-0.1, -0.05) is 12.2 Å². The van der Waals surface area contributed by atoms with Crippen LogP contribution in [0.2, 0.25) is 0 Å². The first-order valence-electron chi connectivity index (χ1n) is 2.61. The van der Waals surface area contributed by atoms with E-state index >= 15 is 0 Å². The molecule has 0 rings (SSSR count). The van der Waals surface area contributed by atoms with Crippen molar-refractivity contribution < 1.29 is 5.11 Å². The van der Waals surface area contributed by atoms with Crippen LogP contribution < -0.4 is 0 Å². The Morgan fingerprint density at radius 1 is 1.75 bits per heavy atom. The Morgan fingerprint density at radius 3 is 2.75 bits per heavy atom. The van der Waals surface area contributed by atoms with E-state index in [4.69, 9.17) is 5.11 Å². The van der Waals surface area contributed by atoms with Crippen molar-refractivity contribution in [3.63, 3.8) is 0 Å². The normalized spacial score (nSPS) is 14.9. The highest BCUT2D eigenvalue weighted by Gasteiger charge is 1.81. The van der Waals surface area contributed by atoms with Crippen LogP contribution in [0.3, 0.4) is 0 Å². The zero-order valence-corrected chi connectivity index (χ0v) is 6.11. The van der Waals surface area contributed by atoms with Crippen molar-refractivity contribution in [2.24, 2.45) is 0 Å². The van der Waals surface area contributed by atoms with Crippen molar-refractivity contribution in [3.8, 4) is 0 Å². The van der Waals surface area contributed by atoms with Crippen molar-refractivity contribution in [3.05, 3.63) is 12.2 Å². The van der Waals surface area contributed by atoms with Crippen molar-refractivity contribution >= 4 is 11.8 Å². The SMILES string of the molecule is CSC/C=C/C(C)O.